The summed E-state index contributed by atoms with van der Waals surface area (Å²) < 4.78 is 0. The van der Waals surface area contributed by atoms with Gasteiger partial charge in [-0.15, -0.1) is 11.3 Å². The average Bonchev–Trinajstić information content (AvgIpc) is 3.03. The molecular formula is C15H23N3O2S. The normalized spacial score (nSPS) is 18.6. The summed E-state index contributed by atoms with van der Waals surface area (Å²) in [5, 5.41) is 5.84. The number of thiazole rings is 1. The first-order valence-corrected chi connectivity index (χ1v) is 8.36. The molecule has 1 N–H and O–H groups in total. The van der Waals surface area contributed by atoms with Crippen LogP contribution in [0.2, 0.25) is 0 Å². The van der Waals surface area contributed by atoms with Crippen molar-refractivity contribution in [2.75, 3.05) is 13.1 Å². The highest BCUT2D eigenvalue weighted by molar-refractivity contribution is 7.09. The monoisotopic (exact) mass is 309 g/mol. The molecule has 2 rings (SSSR count). The van der Waals surface area contributed by atoms with Crippen LogP contribution in [0, 0.1) is 11.8 Å². The zero-order valence-electron chi connectivity index (χ0n) is 12.9. The van der Waals surface area contributed by atoms with Crippen LogP contribution in [0.3, 0.4) is 0 Å². The van der Waals surface area contributed by atoms with E-state index in [2.05, 4.69) is 31.1 Å². The largest absolute Gasteiger partial charge is 0.349 e. The molecule has 1 aromatic rings. The average molecular weight is 309 g/mol. The highest BCUT2D eigenvalue weighted by Crippen LogP contribution is 2.19. The number of carbonyl (C=O) groups is 2. The van der Waals surface area contributed by atoms with Crippen molar-refractivity contribution in [3.8, 4) is 0 Å². The topological polar surface area (TPSA) is 62.3 Å². The van der Waals surface area contributed by atoms with Gasteiger partial charge in [-0.2, -0.15) is 0 Å². The third-order valence-corrected chi connectivity index (χ3v) is 4.44. The summed E-state index contributed by atoms with van der Waals surface area (Å²) in [6.07, 6.45) is 1.24. The third kappa shape index (κ3) is 4.27. The Hall–Kier alpha value is -1.43. The van der Waals surface area contributed by atoms with Crippen LogP contribution in [-0.4, -0.2) is 34.8 Å². The third-order valence-electron chi connectivity index (χ3n) is 3.55. The number of amides is 2. The molecular weight excluding hydrogens is 286 g/mol. The fourth-order valence-electron chi connectivity index (χ4n) is 2.46. The molecule has 6 heteroatoms. The molecule has 0 unspecified atom stereocenters. The van der Waals surface area contributed by atoms with Gasteiger partial charge in [0.2, 0.25) is 11.8 Å². The summed E-state index contributed by atoms with van der Waals surface area (Å²) in [6.45, 7) is 7.95. The lowest BCUT2D eigenvalue weighted by Gasteiger charge is -2.18. The van der Waals surface area contributed by atoms with Crippen LogP contribution in [0.15, 0.2) is 5.38 Å². The van der Waals surface area contributed by atoms with E-state index in [1.54, 1.807) is 16.2 Å². The number of aryl methyl sites for hydroxylation is 1. The van der Waals surface area contributed by atoms with E-state index in [1.807, 2.05) is 5.38 Å². The van der Waals surface area contributed by atoms with Gasteiger partial charge in [-0.3, -0.25) is 9.59 Å². The molecule has 21 heavy (non-hydrogen) atoms. The SMILES string of the molecule is CCc1csc(CNC(=O)[C@@H]2CC(=O)N(CC(C)C)C2)n1. The summed E-state index contributed by atoms with van der Waals surface area (Å²) >= 11 is 1.56. The lowest BCUT2D eigenvalue weighted by Crippen LogP contribution is -2.33. The summed E-state index contributed by atoms with van der Waals surface area (Å²) in [4.78, 5) is 30.3. The molecule has 1 aromatic heterocycles. The molecule has 0 saturated carbocycles. The number of carbonyl (C=O) groups excluding carboxylic acids is 2. The first-order chi connectivity index (χ1) is 9.99. The van der Waals surface area contributed by atoms with Crippen LogP contribution < -0.4 is 5.32 Å². The number of aromatic nitrogens is 1. The predicted octanol–water partition coefficient (Wildman–Crippen LogP) is 1.83. The molecule has 5 nitrogen and oxygen atoms in total. The van der Waals surface area contributed by atoms with Crippen molar-refractivity contribution in [3.63, 3.8) is 0 Å². The minimum atomic E-state index is -0.221. The quantitative estimate of drug-likeness (QED) is 0.872. The molecule has 116 valence electrons. The van der Waals surface area contributed by atoms with Gasteiger partial charge >= 0.3 is 0 Å². The second-order valence-corrected chi connectivity index (χ2v) is 6.84. The zero-order chi connectivity index (χ0) is 15.4. The Balaban J connectivity index is 1.82. The minimum Gasteiger partial charge on any atom is -0.349 e. The van der Waals surface area contributed by atoms with Crippen molar-refractivity contribution < 1.29 is 9.59 Å². The molecule has 1 saturated heterocycles. The van der Waals surface area contributed by atoms with Crippen molar-refractivity contribution >= 4 is 23.2 Å². The molecule has 0 bridgehead atoms. The van der Waals surface area contributed by atoms with Crippen molar-refractivity contribution in [3.05, 3.63) is 16.1 Å². The van der Waals surface area contributed by atoms with Gasteiger partial charge in [-0.25, -0.2) is 4.98 Å². The second kappa shape index (κ2) is 7.02. The van der Waals surface area contributed by atoms with Gasteiger partial charge in [0.1, 0.15) is 5.01 Å². The molecule has 1 aliphatic heterocycles. The number of nitrogens with zero attached hydrogens (tertiary/aromatic N) is 2. The van der Waals surface area contributed by atoms with Crippen molar-refractivity contribution in [2.45, 2.75) is 40.2 Å². The van der Waals surface area contributed by atoms with E-state index in [0.29, 0.717) is 25.4 Å². The first-order valence-electron chi connectivity index (χ1n) is 7.48. The van der Waals surface area contributed by atoms with Crippen molar-refractivity contribution in [1.82, 2.24) is 15.2 Å². The highest BCUT2D eigenvalue weighted by Gasteiger charge is 2.34. The maximum Gasteiger partial charge on any atom is 0.225 e. The lowest BCUT2D eigenvalue weighted by molar-refractivity contribution is -0.129. The highest BCUT2D eigenvalue weighted by atomic mass is 32.1. The van der Waals surface area contributed by atoms with E-state index in [4.69, 9.17) is 0 Å². The van der Waals surface area contributed by atoms with Crippen molar-refractivity contribution in [1.29, 1.82) is 0 Å². The number of hydrogen-bond acceptors (Lipinski definition) is 4. The molecule has 0 aromatic carbocycles. The van der Waals surface area contributed by atoms with E-state index in [0.717, 1.165) is 23.7 Å². The van der Waals surface area contributed by atoms with Crippen LogP contribution in [0.25, 0.3) is 0 Å². The minimum absolute atomic E-state index is 0.0390. The van der Waals surface area contributed by atoms with Crippen LogP contribution in [0.4, 0.5) is 0 Å². The predicted molar refractivity (Wildman–Crippen MR) is 82.9 cm³/mol. The zero-order valence-corrected chi connectivity index (χ0v) is 13.7. The number of rotatable bonds is 6. The fourth-order valence-corrected chi connectivity index (χ4v) is 3.28. The number of hydrogen-bond donors (Lipinski definition) is 1. The van der Waals surface area contributed by atoms with Crippen molar-refractivity contribution in [2.24, 2.45) is 11.8 Å². The van der Waals surface area contributed by atoms with Gasteiger partial charge in [0.05, 0.1) is 18.2 Å². The van der Waals surface area contributed by atoms with Crippen LogP contribution in [0.1, 0.15) is 37.9 Å². The van der Waals surface area contributed by atoms with Gasteiger partial charge in [0, 0.05) is 24.9 Å². The van der Waals surface area contributed by atoms with E-state index in [-0.39, 0.29) is 17.7 Å². The van der Waals surface area contributed by atoms with Crippen LogP contribution in [-0.2, 0) is 22.6 Å². The summed E-state index contributed by atoms with van der Waals surface area (Å²) in [5.41, 5.74) is 1.06. The van der Waals surface area contributed by atoms with Gasteiger partial charge in [-0.05, 0) is 12.3 Å². The van der Waals surface area contributed by atoms with E-state index in [9.17, 15) is 9.59 Å². The Morgan fingerprint density at radius 1 is 1.57 bits per heavy atom. The van der Waals surface area contributed by atoms with Gasteiger partial charge in [0.25, 0.3) is 0 Å². The van der Waals surface area contributed by atoms with Gasteiger partial charge < -0.3 is 10.2 Å². The molecule has 1 aliphatic rings. The summed E-state index contributed by atoms with van der Waals surface area (Å²) in [7, 11) is 0. The maximum atomic E-state index is 12.2. The molecule has 0 aliphatic carbocycles. The Labute approximate surface area is 129 Å². The Bertz CT molecular complexity index is 513. The van der Waals surface area contributed by atoms with Crippen LogP contribution >= 0.6 is 11.3 Å². The van der Waals surface area contributed by atoms with E-state index in [1.165, 1.54) is 0 Å². The van der Waals surface area contributed by atoms with Crippen LogP contribution in [0.5, 0.6) is 0 Å². The van der Waals surface area contributed by atoms with Gasteiger partial charge in [-0.1, -0.05) is 20.8 Å². The molecule has 0 spiro atoms. The number of likely N-dealkylation sites (tertiary alicyclic amines) is 1. The standard InChI is InChI=1S/C15H23N3O2S/c1-4-12-9-21-13(17-12)6-16-15(20)11-5-14(19)18(8-11)7-10(2)3/h9-11H,4-8H2,1-3H3,(H,16,20)/t11-/m1/s1. The Morgan fingerprint density at radius 2 is 2.33 bits per heavy atom. The van der Waals surface area contributed by atoms with Gasteiger partial charge in [0.15, 0.2) is 0 Å². The summed E-state index contributed by atoms with van der Waals surface area (Å²) in [5.74, 6) is 0.259. The smallest absolute Gasteiger partial charge is 0.225 e. The molecule has 1 atom stereocenters. The van der Waals surface area contributed by atoms with E-state index >= 15 is 0 Å². The second-order valence-electron chi connectivity index (χ2n) is 5.90. The Morgan fingerprint density at radius 3 is 2.95 bits per heavy atom. The molecule has 2 amide bonds. The maximum absolute atomic E-state index is 12.2. The first kappa shape index (κ1) is 15.9. The molecule has 0 radical (unpaired) electrons. The fraction of sp³-hybridized carbons (Fsp3) is 0.667. The molecule has 2 heterocycles. The summed E-state index contributed by atoms with van der Waals surface area (Å²) in [6, 6.07) is 0. The number of nitrogens with one attached hydrogen (secondary N) is 1. The van der Waals surface area contributed by atoms with E-state index < -0.39 is 0 Å². The lowest BCUT2D eigenvalue weighted by atomic mass is 10.1. The Kier molecular flexibility index (Phi) is 5.33. The molecule has 1 fully saturated rings.